The third kappa shape index (κ3) is 3.27. The van der Waals surface area contributed by atoms with E-state index in [1.807, 2.05) is 35.4 Å². The lowest BCUT2D eigenvalue weighted by Crippen LogP contribution is -2.49. The van der Waals surface area contributed by atoms with Gasteiger partial charge in [-0.05, 0) is 30.2 Å². The number of nitrogens with zero attached hydrogens (tertiary/aromatic N) is 3. The van der Waals surface area contributed by atoms with Crippen molar-refractivity contribution in [3.05, 3.63) is 71.9 Å². The van der Waals surface area contributed by atoms with E-state index in [-0.39, 0.29) is 5.91 Å². The summed E-state index contributed by atoms with van der Waals surface area (Å²) in [6, 6.07) is 18.5. The number of piperazine rings is 1. The highest BCUT2D eigenvalue weighted by atomic mass is 16.2. The zero-order valence-electron chi connectivity index (χ0n) is 15.1. The molecule has 1 amide bonds. The summed E-state index contributed by atoms with van der Waals surface area (Å²) >= 11 is 0. The van der Waals surface area contributed by atoms with Crippen molar-refractivity contribution in [3.63, 3.8) is 0 Å². The van der Waals surface area contributed by atoms with Gasteiger partial charge in [-0.25, -0.2) is 0 Å². The van der Waals surface area contributed by atoms with Gasteiger partial charge in [0.25, 0.3) is 0 Å². The van der Waals surface area contributed by atoms with E-state index >= 15 is 0 Å². The van der Waals surface area contributed by atoms with Gasteiger partial charge in [0, 0.05) is 37.8 Å². The maximum atomic E-state index is 12.7. The fourth-order valence-corrected chi connectivity index (χ4v) is 3.62. The molecule has 0 spiro atoms. The van der Waals surface area contributed by atoms with Gasteiger partial charge in [-0.1, -0.05) is 42.5 Å². The molecular formula is C22H23N3O. The van der Waals surface area contributed by atoms with Gasteiger partial charge in [-0.2, -0.15) is 0 Å². The van der Waals surface area contributed by atoms with E-state index in [9.17, 15) is 4.79 Å². The maximum absolute atomic E-state index is 12.7. The zero-order valence-corrected chi connectivity index (χ0v) is 15.1. The molecule has 0 saturated carbocycles. The Balaban J connectivity index is 1.44. The number of rotatable bonds is 3. The summed E-state index contributed by atoms with van der Waals surface area (Å²) < 4.78 is 0. The van der Waals surface area contributed by atoms with Gasteiger partial charge in [0.05, 0.1) is 17.6 Å². The number of aryl methyl sites for hydroxylation is 1. The first kappa shape index (κ1) is 16.6. The van der Waals surface area contributed by atoms with Gasteiger partial charge in [-0.15, -0.1) is 0 Å². The Labute approximate surface area is 154 Å². The van der Waals surface area contributed by atoms with E-state index in [4.69, 9.17) is 0 Å². The summed E-state index contributed by atoms with van der Waals surface area (Å²) in [6.07, 6.45) is 2.33. The molecule has 0 radical (unpaired) electrons. The molecule has 0 aliphatic carbocycles. The van der Waals surface area contributed by atoms with Crippen LogP contribution < -0.4 is 4.90 Å². The van der Waals surface area contributed by atoms with Crippen LogP contribution in [0.2, 0.25) is 0 Å². The summed E-state index contributed by atoms with van der Waals surface area (Å²) in [6.45, 7) is 5.26. The fourth-order valence-electron chi connectivity index (χ4n) is 3.62. The molecule has 4 rings (SSSR count). The lowest BCUT2D eigenvalue weighted by molar-refractivity contribution is -0.130. The van der Waals surface area contributed by atoms with Crippen LogP contribution in [-0.2, 0) is 11.2 Å². The van der Waals surface area contributed by atoms with Crippen molar-refractivity contribution >= 4 is 22.5 Å². The number of aromatic nitrogens is 1. The highest BCUT2D eigenvalue weighted by molar-refractivity contribution is 5.90. The Bertz CT molecular complexity index is 924. The predicted molar refractivity (Wildman–Crippen MR) is 105 cm³/mol. The van der Waals surface area contributed by atoms with Gasteiger partial charge in [0.1, 0.15) is 0 Å². The highest BCUT2D eigenvalue weighted by Gasteiger charge is 2.22. The quantitative estimate of drug-likeness (QED) is 0.730. The average molecular weight is 345 g/mol. The zero-order chi connectivity index (χ0) is 17.9. The number of anilines is 1. The minimum Gasteiger partial charge on any atom is -0.366 e. The number of fused-ring (bicyclic) bond motifs is 1. The Kier molecular flexibility index (Phi) is 4.57. The molecule has 0 bridgehead atoms. The second-order valence-corrected chi connectivity index (χ2v) is 6.82. The summed E-state index contributed by atoms with van der Waals surface area (Å²) in [4.78, 5) is 21.6. The van der Waals surface area contributed by atoms with Crippen LogP contribution >= 0.6 is 0 Å². The van der Waals surface area contributed by atoms with Crippen molar-refractivity contribution in [2.75, 3.05) is 31.1 Å². The fraction of sp³-hybridized carbons (Fsp3) is 0.273. The van der Waals surface area contributed by atoms with Crippen molar-refractivity contribution in [3.8, 4) is 0 Å². The topological polar surface area (TPSA) is 36.4 Å². The van der Waals surface area contributed by atoms with Crippen molar-refractivity contribution < 1.29 is 4.79 Å². The van der Waals surface area contributed by atoms with Gasteiger partial charge < -0.3 is 9.80 Å². The summed E-state index contributed by atoms with van der Waals surface area (Å²) in [5.74, 6) is 0.218. The number of carbonyl (C=O) groups is 1. The number of pyridine rings is 1. The lowest BCUT2D eigenvalue weighted by atomic mass is 10.1. The molecule has 4 heteroatoms. The molecule has 26 heavy (non-hydrogen) atoms. The maximum Gasteiger partial charge on any atom is 0.227 e. The third-order valence-corrected chi connectivity index (χ3v) is 5.19. The van der Waals surface area contributed by atoms with Gasteiger partial charge in [0.2, 0.25) is 5.91 Å². The second kappa shape index (κ2) is 7.16. The van der Waals surface area contributed by atoms with Crippen molar-refractivity contribution in [2.24, 2.45) is 0 Å². The molecule has 4 nitrogen and oxygen atoms in total. The summed E-state index contributed by atoms with van der Waals surface area (Å²) in [5, 5.41) is 1.16. The normalized spacial score (nSPS) is 14.7. The summed E-state index contributed by atoms with van der Waals surface area (Å²) in [5.41, 5.74) is 4.50. The van der Waals surface area contributed by atoms with Gasteiger partial charge in [-0.3, -0.25) is 9.78 Å². The molecule has 1 aliphatic heterocycles. The first-order valence-corrected chi connectivity index (χ1v) is 9.13. The summed E-state index contributed by atoms with van der Waals surface area (Å²) in [7, 11) is 0. The molecule has 1 aromatic heterocycles. The first-order valence-electron chi connectivity index (χ1n) is 9.13. The molecular weight excluding hydrogens is 322 g/mol. The van der Waals surface area contributed by atoms with Crippen LogP contribution in [0.3, 0.4) is 0 Å². The van der Waals surface area contributed by atoms with E-state index in [0.717, 1.165) is 48.3 Å². The van der Waals surface area contributed by atoms with E-state index < -0.39 is 0 Å². The number of para-hydroxylation sites is 1. The van der Waals surface area contributed by atoms with Crippen molar-refractivity contribution in [2.45, 2.75) is 13.3 Å². The minimum absolute atomic E-state index is 0.218. The number of benzene rings is 2. The first-order chi connectivity index (χ1) is 12.7. The Hall–Kier alpha value is -2.88. The second-order valence-electron chi connectivity index (χ2n) is 6.82. The molecule has 1 aliphatic rings. The van der Waals surface area contributed by atoms with Crippen LogP contribution in [0.4, 0.5) is 5.69 Å². The molecule has 132 valence electrons. The SMILES string of the molecule is Cc1ccccc1CC(=O)N1CCN(c2cccc3cccnc23)CC1. The van der Waals surface area contributed by atoms with E-state index in [1.165, 1.54) is 5.56 Å². The van der Waals surface area contributed by atoms with Crippen LogP contribution in [0.1, 0.15) is 11.1 Å². The molecule has 3 aromatic rings. The lowest BCUT2D eigenvalue weighted by Gasteiger charge is -2.36. The average Bonchev–Trinajstić information content (AvgIpc) is 2.69. The molecule has 2 heterocycles. The molecule has 2 aromatic carbocycles. The van der Waals surface area contributed by atoms with Gasteiger partial charge in [0.15, 0.2) is 0 Å². The molecule has 1 fully saturated rings. The minimum atomic E-state index is 0.218. The predicted octanol–water partition coefficient (Wildman–Crippen LogP) is 3.43. The van der Waals surface area contributed by atoms with Crippen LogP contribution in [0.15, 0.2) is 60.8 Å². The van der Waals surface area contributed by atoms with Crippen LogP contribution in [-0.4, -0.2) is 42.0 Å². The van der Waals surface area contributed by atoms with Gasteiger partial charge >= 0.3 is 0 Å². The van der Waals surface area contributed by atoms with E-state index in [2.05, 4.69) is 47.1 Å². The van der Waals surface area contributed by atoms with Crippen LogP contribution in [0, 0.1) is 6.92 Å². The van der Waals surface area contributed by atoms with E-state index in [1.54, 1.807) is 0 Å². The monoisotopic (exact) mass is 345 g/mol. The smallest absolute Gasteiger partial charge is 0.227 e. The molecule has 0 unspecified atom stereocenters. The Morgan fingerprint density at radius 3 is 2.54 bits per heavy atom. The van der Waals surface area contributed by atoms with Crippen molar-refractivity contribution in [1.29, 1.82) is 0 Å². The van der Waals surface area contributed by atoms with E-state index in [0.29, 0.717) is 6.42 Å². The third-order valence-electron chi connectivity index (χ3n) is 5.19. The standard InChI is InChI=1S/C22H23N3O/c1-17-6-2-3-7-19(17)16-21(26)25-14-12-24(13-15-25)20-10-4-8-18-9-5-11-23-22(18)20/h2-11H,12-16H2,1H3. The number of amides is 1. The molecule has 0 atom stereocenters. The number of carbonyl (C=O) groups excluding carboxylic acids is 1. The highest BCUT2D eigenvalue weighted by Crippen LogP contribution is 2.25. The molecule has 0 N–H and O–H groups in total. The number of hydrogen-bond acceptors (Lipinski definition) is 3. The number of hydrogen-bond donors (Lipinski definition) is 0. The van der Waals surface area contributed by atoms with Crippen molar-refractivity contribution in [1.82, 2.24) is 9.88 Å². The largest absolute Gasteiger partial charge is 0.366 e. The Morgan fingerprint density at radius 2 is 1.73 bits per heavy atom. The Morgan fingerprint density at radius 1 is 0.962 bits per heavy atom. The molecule has 1 saturated heterocycles. The van der Waals surface area contributed by atoms with Crippen LogP contribution in [0.25, 0.3) is 10.9 Å². The van der Waals surface area contributed by atoms with Crippen LogP contribution in [0.5, 0.6) is 0 Å².